The maximum Gasteiger partial charge on any atom is 0.266 e. The Balaban J connectivity index is 1.92. The Hall–Kier alpha value is -3.58. The zero-order valence-electron chi connectivity index (χ0n) is 18.0. The summed E-state index contributed by atoms with van der Waals surface area (Å²) in [5.74, 6) is -0.402. The largest absolute Gasteiger partial charge is 0.321 e. The van der Waals surface area contributed by atoms with Gasteiger partial charge in [0.05, 0.1) is 0 Å². The van der Waals surface area contributed by atoms with E-state index in [9.17, 15) is 10.1 Å². The lowest BCUT2D eigenvalue weighted by atomic mass is 10.1. The summed E-state index contributed by atoms with van der Waals surface area (Å²) < 4.78 is 2.18. The lowest BCUT2D eigenvalue weighted by Crippen LogP contribution is -2.13. The molecule has 1 aromatic heterocycles. The molecule has 0 aliphatic rings. The molecule has 0 fully saturated rings. The van der Waals surface area contributed by atoms with Crippen LogP contribution >= 0.6 is 0 Å². The van der Waals surface area contributed by atoms with E-state index in [1.54, 1.807) is 6.08 Å². The van der Waals surface area contributed by atoms with Gasteiger partial charge in [0.15, 0.2) is 0 Å². The number of benzene rings is 2. The number of rotatable bonds is 6. The van der Waals surface area contributed by atoms with Gasteiger partial charge in [0.2, 0.25) is 0 Å². The first kappa shape index (κ1) is 21.1. The summed E-state index contributed by atoms with van der Waals surface area (Å²) in [6, 6.07) is 20.0. The van der Waals surface area contributed by atoms with Crippen molar-refractivity contribution in [3.63, 3.8) is 0 Å². The molecule has 30 heavy (non-hydrogen) atoms. The second-order valence-corrected chi connectivity index (χ2v) is 7.32. The highest BCUT2D eigenvalue weighted by Crippen LogP contribution is 2.25. The number of amides is 1. The minimum absolute atomic E-state index is 0.0820. The average Bonchev–Trinajstić information content (AvgIpc) is 3.05. The molecule has 1 amide bonds. The van der Waals surface area contributed by atoms with E-state index in [0.717, 1.165) is 35.5 Å². The molecule has 1 heterocycles. The second-order valence-electron chi connectivity index (χ2n) is 7.32. The highest BCUT2D eigenvalue weighted by molar-refractivity contribution is 6.09. The molecule has 4 heteroatoms. The molecule has 3 aromatic rings. The second kappa shape index (κ2) is 9.28. The SMILES string of the molecule is CCc1ccc(NC(=O)/C(C#N)=C\c2cc(C)n(-c3ccccc3CC)c2C)cc1. The lowest BCUT2D eigenvalue weighted by Gasteiger charge is -2.14. The van der Waals surface area contributed by atoms with Crippen LogP contribution in [-0.4, -0.2) is 10.5 Å². The van der Waals surface area contributed by atoms with Crippen molar-refractivity contribution >= 4 is 17.7 Å². The number of hydrogen-bond donors (Lipinski definition) is 1. The fraction of sp³-hybridized carbons (Fsp3) is 0.231. The van der Waals surface area contributed by atoms with Crippen molar-refractivity contribution in [2.45, 2.75) is 40.5 Å². The molecule has 1 N–H and O–H groups in total. The number of nitrogens with one attached hydrogen (secondary N) is 1. The topological polar surface area (TPSA) is 57.8 Å². The van der Waals surface area contributed by atoms with Gasteiger partial charge < -0.3 is 9.88 Å². The van der Waals surface area contributed by atoms with Crippen LogP contribution in [0, 0.1) is 25.2 Å². The molecule has 0 saturated heterocycles. The Bertz CT molecular complexity index is 1130. The van der Waals surface area contributed by atoms with E-state index in [2.05, 4.69) is 41.9 Å². The van der Waals surface area contributed by atoms with E-state index in [4.69, 9.17) is 0 Å². The molecule has 0 aliphatic carbocycles. The van der Waals surface area contributed by atoms with Gasteiger partial charge in [-0.15, -0.1) is 0 Å². The molecule has 2 aromatic carbocycles. The first-order valence-corrected chi connectivity index (χ1v) is 10.3. The summed E-state index contributed by atoms with van der Waals surface area (Å²) in [4.78, 5) is 12.7. The summed E-state index contributed by atoms with van der Waals surface area (Å²) >= 11 is 0. The van der Waals surface area contributed by atoms with Crippen molar-refractivity contribution in [1.29, 1.82) is 5.26 Å². The zero-order valence-corrected chi connectivity index (χ0v) is 18.0. The van der Waals surface area contributed by atoms with Gasteiger partial charge in [0, 0.05) is 22.8 Å². The first-order valence-electron chi connectivity index (χ1n) is 10.3. The Morgan fingerprint density at radius 3 is 2.40 bits per heavy atom. The molecule has 152 valence electrons. The van der Waals surface area contributed by atoms with Gasteiger partial charge in [-0.2, -0.15) is 5.26 Å². The fourth-order valence-corrected chi connectivity index (χ4v) is 3.66. The van der Waals surface area contributed by atoms with Crippen molar-refractivity contribution in [2.24, 2.45) is 0 Å². The Morgan fingerprint density at radius 1 is 1.07 bits per heavy atom. The third kappa shape index (κ3) is 4.36. The smallest absolute Gasteiger partial charge is 0.266 e. The van der Waals surface area contributed by atoms with Crippen LogP contribution in [0.2, 0.25) is 0 Å². The van der Waals surface area contributed by atoms with E-state index in [-0.39, 0.29) is 5.57 Å². The van der Waals surface area contributed by atoms with Crippen molar-refractivity contribution in [3.05, 3.63) is 88.2 Å². The third-order valence-electron chi connectivity index (χ3n) is 5.37. The van der Waals surface area contributed by atoms with E-state index >= 15 is 0 Å². The molecule has 3 rings (SSSR count). The molecule has 0 unspecified atom stereocenters. The quantitative estimate of drug-likeness (QED) is 0.424. The number of para-hydroxylation sites is 1. The molecular formula is C26H27N3O. The maximum absolute atomic E-state index is 12.7. The van der Waals surface area contributed by atoms with Crippen molar-refractivity contribution in [3.8, 4) is 11.8 Å². The predicted molar refractivity (Wildman–Crippen MR) is 123 cm³/mol. The summed E-state index contributed by atoms with van der Waals surface area (Å²) in [6.07, 6.45) is 3.54. The summed E-state index contributed by atoms with van der Waals surface area (Å²) in [6.45, 7) is 8.28. The maximum atomic E-state index is 12.7. The molecular weight excluding hydrogens is 370 g/mol. The molecule has 0 atom stereocenters. The molecule has 0 spiro atoms. The Morgan fingerprint density at radius 2 is 1.77 bits per heavy atom. The number of carbonyl (C=O) groups excluding carboxylic acids is 1. The van der Waals surface area contributed by atoms with Gasteiger partial charge in [0.25, 0.3) is 5.91 Å². The van der Waals surface area contributed by atoms with Gasteiger partial charge in [0.1, 0.15) is 11.6 Å². The molecule has 0 radical (unpaired) electrons. The van der Waals surface area contributed by atoms with Gasteiger partial charge in [-0.3, -0.25) is 4.79 Å². The Labute approximate surface area is 178 Å². The van der Waals surface area contributed by atoms with Crippen molar-refractivity contribution in [1.82, 2.24) is 4.57 Å². The van der Waals surface area contributed by atoms with E-state index in [1.807, 2.05) is 56.3 Å². The number of aryl methyl sites for hydroxylation is 3. The van der Waals surface area contributed by atoms with Crippen LogP contribution in [0.1, 0.15) is 41.9 Å². The number of anilines is 1. The van der Waals surface area contributed by atoms with E-state index in [0.29, 0.717) is 5.69 Å². The van der Waals surface area contributed by atoms with Gasteiger partial charge >= 0.3 is 0 Å². The van der Waals surface area contributed by atoms with Crippen LogP contribution in [0.4, 0.5) is 5.69 Å². The normalized spacial score (nSPS) is 11.2. The van der Waals surface area contributed by atoms with Gasteiger partial charge in [-0.25, -0.2) is 0 Å². The third-order valence-corrected chi connectivity index (χ3v) is 5.37. The summed E-state index contributed by atoms with van der Waals surface area (Å²) in [5.41, 5.74) is 7.28. The minimum atomic E-state index is -0.402. The standard InChI is InChI=1S/C26H27N3O/c1-5-20-11-13-24(14-12-20)28-26(30)23(17-27)16-22-15-18(3)29(19(22)4)25-10-8-7-9-21(25)6-2/h7-16H,5-6H2,1-4H3,(H,28,30)/b23-16-. The highest BCUT2D eigenvalue weighted by Gasteiger charge is 2.15. The van der Waals surface area contributed by atoms with Gasteiger partial charge in [-0.05, 0) is 73.7 Å². The highest BCUT2D eigenvalue weighted by atomic mass is 16.1. The van der Waals surface area contributed by atoms with Gasteiger partial charge in [-0.1, -0.05) is 44.2 Å². The van der Waals surface area contributed by atoms with Crippen molar-refractivity contribution in [2.75, 3.05) is 5.32 Å². The van der Waals surface area contributed by atoms with Crippen LogP contribution in [0.15, 0.2) is 60.2 Å². The summed E-state index contributed by atoms with van der Waals surface area (Å²) in [5, 5.41) is 12.4. The van der Waals surface area contributed by atoms with Crippen molar-refractivity contribution < 1.29 is 4.79 Å². The monoisotopic (exact) mass is 397 g/mol. The Kier molecular flexibility index (Phi) is 6.54. The lowest BCUT2D eigenvalue weighted by molar-refractivity contribution is -0.112. The molecule has 0 bridgehead atoms. The number of nitrogens with zero attached hydrogens (tertiary/aromatic N) is 2. The molecule has 0 aliphatic heterocycles. The predicted octanol–water partition coefficient (Wildman–Crippen LogP) is 5.76. The van der Waals surface area contributed by atoms with E-state index in [1.165, 1.54) is 11.1 Å². The van der Waals surface area contributed by atoms with Crippen LogP contribution in [0.3, 0.4) is 0 Å². The van der Waals surface area contributed by atoms with Crippen LogP contribution in [0.5, 0.6) is 0 Å². The number of aromatic nitrogens is 1. The average molecular weight is 398 g/mol. The fourth-order valence-electron chi connectivity index (χ4n) is 3.66. The number of carbonyl (C=O) groups is 1. The van der Waals surface area contributed by atoms with Crippen LogP contribution in [0.25, 0.3) is 11.8 Å². The number of hydrogen-bond acceptors (Lipinski definition) is 2. The zero-order chi connectivity index (χ0) is 21.7. The minimum Gasteiger partial charge on any atom is -0.321 e. The molecule has 4 nitrogen and oxygen atoms in total. The first-order chi connectivity index (χ1) is 14.5. The van der Waals surface area contributed by atoms with Crippen LogP contribution < -0.4 is 5.32 Å². The van der Waals surface area contributed by atoms with E-state index < -0.39 is 5.91 Å². The molecule has 0 saturated carbocycles. The summed E-state index contributed by atoms with van der Waals surface area (Å²) in [7, 11) is 0. The number of nitriles is 1. The van der Waals surface area contributed by atoms with Crippen LogP contribution in [-0.2, 0) is 17.6 Å².